The Morgan fingerprint density at radius 2 is 2.00 bits per heavy atom. The Kier molecular flexibility index (Phi) is 5.35. The standard InChI is InChI=1S/C13H17NO4/c1-9-2-4-10(5-3-9)6-7-12(16)11(8-15)14-13(17)18/h2-7,11-12,14-16H,8H2,1H3,(H,17,18)/t11?,12-/m1/s1. The van der Waals surface area contributed by atoms with Crippen molar-refractivity contribution in [1.82, 2.24) is 5.32 Å². The second-order valence-electron chi connectivity index (χ2n) is 4.00. The largest absolute Gasteiger partial charge is 0.465 e. The average Bonchev–Trinajstić information content (AvgIpc) is 2.34. The molecule has 2 atom stereocenters. The number of hydrogen-bond acceptors (Lipinski definition) is 3. The van der Waals surface area contributed by atoms with E-state index in [1.807, 2.05) is 36.5 Å². The Morgan fingerprint density at radius 3 is 2.50 bits per heavy atom. The zero-order valence-corrected chi connectivity index (χ0v) is 10.1. The molecule has 4 N–H and O–H groups in total. The van der Waals surface area contributed by atoms with Gasteiger partial charge in [-0.3, -0.25) is 0 Å². The Morgan fingerprint density at radius 1 is 1.39 bits per heavy atom. The lowest BCUT2D eigenvalue weighted by Crippen LogP contribution is -2.44. The van der Waals surface area contributed by atoms with Crippen molar-refractivity contribution in [3.05, 3.63) is 41.5 Å². The molecule has 0 aliphatic carbocycles. The summed E-state index contributed by atoms with van der Waals surface area (Å²) in [5.74, 6) is 0. The summed E-state index contributed by atoms with van der Waals surface area (Å²) in [4.78, 5) is 10.4. The Labute approximate surface area is 105 Å². The maximum Gasteiger partial charge on any atom is 0.405 e. The molecule has 1 unspecified atom stereocenters. The van der Waals surface area contributed by atoms with Crippen molar-refractivity contribution in [3.63, 3.8) is 0 Å². The van der Waals surface area contributed by atoms with Crippen molar-refractivity contribution in [2.45, 2.75) is 19.1 Å². The normalized spacial score (nSPS) is 14.4. The number of aliphatic hydroxyl groups is 2. The summed E-state index contributed by atoms with van der Waals surface area (Å²) in [7, 11) is 0. The maximum atomic E-state index is 10.4. The first-order valence-corrected chi connectivity index (χ1v) is 5.56. The van der Waals surface area contributed by atoms with Crippen molar-refractivity contribution in [1.29, 1.82) is 0 Å². The molecule has 0 spiro atoms. The molecule has 1 aromatic carbocycles. The summed E-state index contributed by atoms with van der Waals surface area (Å²) in [6.07, 6.45) is 0.766. The van der Waals surface area contributed by atoms with Crippen LogP contribution in [0.3, 0.4) is 0 Å². The van der Waals surface area contributed by atoms with E-state index >= 15 is 0 Å². The molecular formula is C13H17NO4. The molecule has 5 nitrogen and oxygen atoms in total. The Hall–Kier alpha value is -1.85. The van der Waals surface area contributed by atoms with E-state index in [1.54, 1.807) is 6.08 Å². The average molecular weight is 251 g/mol. The van der Waals surface area contributed by atoms with Gasteiger partial charge in [-0.25, -0.2) is 4.79 Å². The van der Waals surface area contributed by atoms with Gasteiger partial charge in [-0.05, 0) is 12.5 Å². The van der Waals surface area contributed by atoms with E-state index in [0.29, 0.717) is 0 Å². The van der Waals surface area contributed by atoms with Crippen LogP contribution in [0, 0.1) is 6.92 Å². The number of rotatable bonds is 5. The summed E-state index contributed by atoms with van der Waals surface area (Å²) < 4.78 is 0. The highest BCUT2D eigenvalue weighted by atomic mass is 16.4. The quantitative estimate of drug-likeness (QED) is 0.628. The maximum absolute atomic E-state index is 10.4. The molecule has 1 aromatic rings. The number of hydrogen-bond donors (Lipinski definition) is 4. The van der Waals surface area contributed by atoms with E-state index in [1.165, 1.54) is 6.08 Å². The topological polar surface area (TPSA) is 89.8 Å². The molecule has 0 saturated carbocycles. The summed E-state index contributed by atoms with van der Waals surface area (Å²) >= 11 is 0. The number of carbonyl (C=O) groups is 1. The van der Waals surface area contributed by atoms with Gasteiger partial charge in [0, 0.05) is 0 Å². The number of benzene rings is 1. The van der Waals surface area contributed by atoms with Gasteiger partial charge in [0.2, 0.25) is 0 Å². The molecule has 0 heterocycles. The van der Waals surface area contributed by atoms with Crippen molar-refractivity contribution in [2.24, 2.45) is 0 Å². The molecule has 0 aromatic heterocycles. The third-order valence-electron chi connectivity index (χ3n) is 2.48. The number of amides is 1. The molecule has 0 aliphatic rings. The summed E-state index contributed by atoms with van der Waals surface area (Å²) in [6.45, 7) is 1.51. The molecule has 0 aliphatic heterocycles. The van der Waals surface area contributed by atoms with Gasteiger partial charge in [0.25, 0.3) is 0 Å². The number of carboxylic acid groups (broad SMARTS) is 1. The number of aliphatic hydroxyl groups excluding tert-OH is 2. The van der Waals surface area contributed by atoms with E-state index < -0.39 is 24.8 Å². The Balaban J connectivity index is 2.64. The van der Waals surface area contributed by atoms with E-state index in [9.17, 15) is 9.90 Å². The lowest BCUT2D eigenvalue weighted by atomic mass is 10.1. The van der Waals surface area contributed by atoms with E-state index in [0.717, 1.165) is 11.1 Å². The first kappa shape index (κ1) is 14.2. The predicted molar refractivity (Wildman–Crippen MR) is 68.3 cm³/mol. The van der Waals surface area contributed by atoms with Crippen LogP contribution in [0.4, 0.5) is 4.79 Å². The van der Waals surface area contributed by atoms with E-state index in [4.69, 9.17) is 10.2 Å². The zero-order valence-electron chi connectivity index (χ0n) is 10.1. The van der Waals surface area contributed by atoms with Gasteiger partial charge in [0.05, 0.1) is 18.8 Å². The Bertz CT molecular complexity index is 414. The van der Waals surface area contributed by atoms with E-state index in [-0.39, 0.29) is 0 Å². The molecule has 0 radical (unpaired) electrons. The number of nitrogens with one attached hydrogen (secondary N) is 1. The monoisotopic (exact) mass is 251 g/mol. The van der Waals surface area contributed by atoms with Gasteiger partial charge in [0.1, 0.15) is 0 Å². The van der Waals surface area contributed by atoms with Crippen LogP contribution < -0.4 is 5.32 Å². The lowest BCUT2D eigenvalue weighted by Gasteiger charge is -2.17. The van der Waals surface area contributed by atoms with Crippen molar-refractivity contribution in [2.75, 3.05) is 6.61 Å². The molecule has 18 heavy (non-hydrogen) atoms. The first-order valence-electron chi connectivity index (χ1n) is 5.56. The minimum absolute atomic E-state index is 0.467. The SMILES string of the molecule is Cc1ccc(C=C[C@@H](O)C(CO)NC(=O)O)cc1. The van der Waals surface area contributed by atoms with Crippen LogP contribution in [0.25, 0.3) is 6.08 Å². The highest BCUT2D eigenvalue weighted by Gasteiger charge is 2.17. The molecule has 1 amide bonds. The summed E-state index contributed by atoms with van der Waals surface area (Å²) in [5, 5.41) is 29.2. The second-order valence-corrected chi connectivity index (χ2v) is 4.00. The lowest BCUT2D eigenvalue weighted by molar-refractivity contribution is 0.116. The van der Waals surface area contributed by atoms with Gasteiger partial charge in [-0.15, -0.1) is 0 Å². The van der Waals surface area contributed by atoms with Crippen molar-refractivity contribution < 1.29 is 20.1 Å². The highest BCUT2D eigenvalue weighted by Crippen LogP contribution is 2.06. The van der Waals surface area contributed by atoms with Crippen LogP contribution in [0.15, 0.2) is 30.3 Å². The fourth-order valence-electron chi connectivity index (χ4n) is 1.42. The van der Waals surface area contributed by atoms with Crippen LogP contribution >= 0.6 is 0 Å². The third kappa shape index (κ3) is 4.57. The van der Waals surface area contributed by atoms with Gasteiger partial charge in [0.15, 0.2) is 0 Å². The molecule has 0 bridgehead atoms. The van der Waals surface area contributed by atoms with Gasteiger partial charge < -0.3 is 20.6 Å². The van der Waals surface area contributed by atoms with Crippen LogP contribution in [-0.2, 0) is 0 Å². The van der Waals surface area contributed by atoms with Crippen LogP contribution in [-0.4, -0.2) is 40.2 Å². The molecule has 0 fully saturated rings. The molecule has 0 saturated heterocycles. The van der Waals surface area contributed by atoms with Gasteiger partial charge in [-0.2, -0.15) is 0 Å². The van der Waals surface area contributed by atoms with Gasteiger partial charge in [-0.1, -0.05) is 42.0 Å². The number of aryl methyl sites for hydroxylation is 1. The highest BCUT2D eigenvalue weighted by molar-refractivity contribution is 5.65. The van der Waals surface area contributed by atoms with Crippen molar-refractivity contribution >= 4 is 12.2 Å². The minimum Gasteiger partial charge on any atom is -0.465 e. The molecule has 98 valence electrons. The van der Waals surface area contributed by atoms with Crippen molar-refractivity contribution in [3.8, 4) is 0 Å². The van der Waals surface area contributed by atoms with E-state index in [2.05, 4.69) is 0 Å². The van der Waals surface area contributed by atoms with Crippen LogP contribution in [0.1, 0.15) is 11.1 Å². The second kappa shape index (κ2) is 6.78. The smallest absolute Gasteiger partial charge is 0.405 e. The first-order chi connectivity index (χ1) is 8.52. The van der Waals surface area contributed by atoms with Crippen LogP contribution in [0.5, 0.6) is 0 Å². The van der Waals surface area contributed by atoms with Gasteiger partial charge >= 0.3 is 6.09 Å². The fraction of sp³-hybridized carbons (Fsp3) is 0.308. The fourth-order valence-corrected chi connectivity index (χ4v) is 1.42. The molecule has 1 rings (SSSR count). The summed E-state index contributed by atoms with van der Waals surface area (Å²) in [6, 6.07) is 6.72. The summed E-state index contributed by atoms with van der Waals surface area (Å²) in [5.41, 5.74) is 2.03. The zero-order chi connectivity index (χ0) is 13.5. The third-order valence-corrected chi connectivity index (χ3v) is 2.48. The molecule has 5 heteroatoms. The minimum atomic E-state index is -1.28. The molecular weight excluding hydrogens is 234 g/mol. The van der Waals surface area contributed by atoms with Crippen LogP contribution in [0.2, 0.25) is 0 Å². The predicted octanol–water partition coefficient (Wildman–Crippen LogP) is 0.998.